The van der Waals surface area contributed by atoms with E-state index in [4.69, 9.17) is 5.26 Å². The van der Waals surface area contributed by atoms with Crippen LogP contribution in [0.5, 0.6) is 0 Å². The van der Waals surface area contributed by atoms with Gasteiger partial charge in [0.1, 0.15) is 5.76 Å². The normalized spacial score (nSPS) is 17.1. The molecule has 1 aliphatic carbocycles. The number of halogens is 4. The minimum absolute atomic E-state index is 0.0747. The van der Waals surface area contributed by atoms with Crippen molar-refractivity contribution in [3.63, 3.8) is 0 Å². The first-order valence-corrected chi connectivity index (χ1v) is 4.92. The zero-order valence-corrected chi connectivity index (χ0v) is 9.15. The predicted octanol–water partition coefficient (Wildman–Crippen LogP) is 3.76. The molecule has 15 heavy (non-hydrogen) atoms. The van der Waals surface area contributed by atoms with Crippen LogP contribution in [0, 0.1) is 11.3 Å². The number of hydrogen-bond acceptors (Lipinski definition) is 2. The van der Waals surface area contributed by atoms with E-state index in [9.17, 15) is 13.2 Å². The van der Waals surface area contributed by atoms with E-state index in [0.717, 1.165) is 4.48 Å². The molecule has 0 amide bonds. The van der Waals surface area contributed by atoms with Gasteiger partial charge in [-0.05, 0) is 22.6 Å². The van der Waals surface area contributed by atoms with Gasteiger partial charge in [-0.1, -0.05) is 15.9 Å². The van der Waals surface area contributed by atoms with Gasteiger partial charge in [-0.15, -0.1) is 13.2 Å². The molecule has 0 saturated carbocycles. The summed E-state index contributed by atoms with van der Waals surface area (Å²) < 4.78 is 40.2. The fourth-order valence-corrected chi connectivity index (χ4v) is 1.65. The molecule has 0 fully saturated rings. The van der Waals surface area contributed by atoms with Crippen LogP contribution in [0.1, 0.15) is 19.3 Å². The second-order valence-corrected chi connectivity index (χ2v) is 3.88. The van der Waals surface area contributed by atoms with Crippen LogP contribution in [-0.4, -0.2) is 6.36 Å². The van der Waals surface area contributed by atoms with Crippen molar-refractivity contribution in [1.29, 1.82) is 5.26 Å². The summed E-state index contributed by atoms with van der Waals surface area (Å²) in [5.41, 5.74) is 0.544. The lowest BCUT2D eigenvalue weighted by atomic mass is 10.0. The van der Waals surface area contributed by atoms with Gasteiger partial charge in [-0.2, -0.15) is 5.26 Å². The SMILES string of the molecule is N#CCC1=C(Br)CCC(OC(F)(F)F)=C1. The highest BCUT2D eigenvalue weighted by molar-refractivity contribution is 9.11. The number of nitriles is 1. The molecule has 0 heterocycles. The molecule has 82 valence electrons. The van der Waals surface area contributed by atoms with Crippen molar-refractivity contribution < 1.29 is 17.9 Å². The predicted molar refractivity (Wildman–Crippen MR) is 50.6 cm³/mol. The van der Waals surface area contributed by atoms with E-state index in [2.05, 4.69) is 20.7 Å². The van der Waals surface area contributed by atoms with E-state index in [0.29, 0.717) is 12.0 Å². The molecule has 0 atom stereocenters. The molecule has 0 aromatic heterocycles. The van der Waals surface area contributed by atoms with Crippen LogP contribution in [0.4, 0.5) is 13.2 Å². The van der Waals surface area contributed by atoms with E-state index < -0.39 is 6.36 Å². The molecule has 0 spiro atoms. The molecule has 0 aliphatic heterocycles. The summed E-state index contributed by atoms with van der Waals surface area (Å²) in [5, 5.41) is 8.46. The van der Waals surface area contributed by atoms with Crippen LogP contribution in [-0.2, 0) is 4.74 Å². The molecule has 1 aliphatic rings. The highest BCUT2D eigenvalue weighted by atomic mass is 79.9. The molecular weight excluding hydrogens is 275 g/mol. The van der Waals surface area contributed by atoms with Crippen LogP contribution in [0.15, 0.2) is 21.9 Å². The van der Waals surface area contributed by atoms with Crippen molar-refractivity contribution in [2.24, 2.45) is 0 Å². The Kier molecular flexibility index (Phi) is 3.80. The molecule has 1 rings (SSSR count). The Bertz CT molecular complexity index is 351. The number of ether oxygens (including phenoxy) is 1. The Morgan fingerprint density at radius 2 is 2.13 bits per heavy atom. The van der Waals surface area contributed by atoms with Crippen LogP contribution in [0.25, 0.3) is 0 Å². The van der Waals surface area contributed by atoms with Crippen LogP contribution in [0.2, 0.25) is 0 Å². The molecule has 6 heteroatoms. The summed E-state index contributed by atoms with van der Waals surface area (Å²) in [6.45, 7) is 0. The molecule has 0 unspecified atom stereocenters. The van der Waals surface area contributed by atoms with Gasteiger partial charge in [-0.3, -0.25) is 0 Å². The smallest absolute Gasteiger partial charge is 0.410 e. The Hall–Kier alpha value is -0.960. The standard InChI is InChI=1S/C9H7BrF3NO/c10-8-2-1-7(15-9(11,12)13)5-6(8)3-4-14/h5H,1-3H2. The fraction of sp³-hybridized carbons (Fsp3) is 0.444. The van der Waals surface area contributed by atoms with Gasteiger partial charge in [0.25, 0.3) is 0 Å². The summed E-state index contributed by atoms with van der Waals surface area (Å²) in [4.78, 5) is 0. The highest BCUT2D eigenvalue weighted by Gasteiger charge is 2.32. The van der Waals surface area contributed by atoms with Crippen LogP contribution < -0.4 is 0 Å². The first-order valence-electron chi connectivity index (χ1n) is 4.13. The largest absolute Gasteiger partial charge is 0.572 e. The number of allylic oxidation sites excluding steroid dienone is 4. The lowest BCUT2D eigenvalue weighted by molar-refractivity contribution is -0.306. The second kappa shape index (κ2) is 4.71. The van der Waals surface area contributed by atoms with Crippen molar-refractivity contribution in [3.8, 4) is 6.07 Å². The number of hydrogen-bond donors (Lipinski definition) is 0. The summed E-state index contributed by atoms with van der Waals surface area (Å²) >= 11 is 3.21. The van der Waals surface area contributed by atoms with Crippen molar-refractivity contribution >= 4 is 15.9 Å². The molecule has 0 saturated heterocycles. The maximum absolute atomic E-state index is 11.9. The van der Waals surface area contributed by atoms with Crippen molar-refractivity contribution in [1.82, 2.24) is 0 Å². The monoisotopic (exact) mass is 281 g/mol. The lowest BCUT2D eigenvalue weighted by Gasteiger charge is -2.17. The average molecular weight is 282 g/mol. The van der Waals surface area contributed by atoms with Gasteiger partial charge in [0, 0.05) is 6.42 Å². The molecule has 0 N–H and O–H groups in total. The Labute approximate surface area is 93.1 Å². The molecule has 2 nitrogen and oxygen atoms in total. The minimum Gasteiger partial charge on any atom is -0.410 e. The van der Waals surface area contributed by atoms with Crippen molar-refractivity contribution in [2.45, 2.75) is 25.6 Å². The van der Waals surface area contributed by atoms with Gasteiger partial charge in [0.2, 0.25) is 0 Å². The van der Waals surface area contributed by atoms with Gasteiger partial charge in [0.15, 0.2) is 0 Å². The van der Waals surface area contributed by atoms with Gasteiger partial charge >= 0.3 is 6.36 Å². The quantitative estimate of drug-likeness (QED) is 0.772. The Morgan fingerprint density at radius 3 is 2.67 bits per heavy atom. The Balaban J connectivity index is 2.78. The Morgan fingerprint density at radius 1 is 1.47 bits per heavy atom. The third-order valence-electron chi connectivity index (χ3n) is 1.79. The van der Waals surface area contributed by atoms with E-state index >= 15 is 0 Å². The second-order valence-electron chi connectivity index (χ2n) is 2.92. The number of rotatable bonds is 2. The lowest BCUT2D eigenvalue weighted by Crippen LogP contribution is -2.14. The zero-order valence-electron chi connectivity index (χ0n) is 7.57. The maximum atomic E-state index is 11.9. The van der Waals surface area contributed by atoms with E-state index in [1.807, 2.05) is 6.07 Å². The molecule has 0 bridgehead atoms. The van der Waals surface area contributed by atoms with Crippen molar-refractivity contribution in [3.05, 3.63) is 21.9 Å². The molecular formula is C9H7BrF3NO. The van der Waals surface area contributed by atoms with Gasteiger partial charge in [0.05, 0.1) is 12.5 Å². The van der Waals surface area contributed by atoms with Crippen LogP contribution >= 0.6 is 15.9 Å². The van der Waals surface area contributed by atoms with E-state index in [1.165, 1.54) is 6.08 Å². The third kappa shape index (κ3) is 3.96. The zero-order chi connectivity index (χ0) is 11.5. The summed E-state index contributed by atoms with van der Waals surface area (Å²) in [7, 11) is 0. The molecule has 0 aromatic carbocycles. The minimum atomic E-state index is -4.66. The maximum Gasteiger partial charge on any atom is 0.572 e. The summed E-state index contributed by atoms with van der Waals surface area (Å²) in [5.74, 6) is -0.143. The van der Waals surface area contributed by atoms with E-state index in [1.54, 1.807) is 0 Å². The first-order chi connectivity index (χ1) is 6.92. The van der Waals surface area contributed by atoms with Crippen molar-refractivity contribution in [2.75, 3.05) is 0 Å². The third-order valence-corrected chi connectivity index (χ3v) is 2.70. The summed E-state index contributed by atoms with van der Waals surface area (Å²) in [6.07, 6.45) is -2.70. The van der Waals surface area contributed by atoms with Gasteiger partial charge in [-0.25, -0.2) is 0 Å². The molecule has 0 radical (unpaired) electrons. The molecule has 0 aromatic rings. The number of alkyl halides is 3. The number of nitrogens with zero attached hydrogens (tertiary/aromatic N) is 1. The average Bonchev–Trinajstić information content (AvgIpc) is 2.09. The highest BCUT2D eigenvalue weighted by Crippen LogP contribution is 2.33. The first kappa shape index (κ1) is 12.1. The van der Waals surface area contributed by atoms with Gasteiger partial charge < -0.3 is 4.74 Å². The van der Waals surface area contributed by atoms with E-state index in [-0.39, 0.29) is 18.6 Å². The fourth-order valence-electron chi connectivity index (χ4n) is 1.20. The topological polar surface area (TPSA) is 33.0 Å². The van der Waals surface area contributed by atoms with Crippen LogP contribution in [0.3, 0.4) is 0 Å². The summed E-state index contributed by atoms with van der Waals surface area (Å²) in [6, 6.07) is 1.88.